The van der Waals surface area contributed by atoms with E-state index in [0.717, 1.165) is 0 Å². The van der Waals surface area contributed by atoms with Crippen LogP contribution in [0.1, 0.15) is 51.0 Å². The van der Waals surface area contributed by atoms with Gasteiger partial charge >= 0.3 is 0 Å². The standard InChI is InChI=1S/C18H24.Na/c1-2-3-4-5-6-7-11-16-13-10-14-17-12-8-9-15-18(16)17;/h8-10,12-15H,2-7,11H2,1H3;. The molecule has 2 rings (SSSR count). The van der Waals surface area contributed by atoms with Crippen LogP contribution in [0.25, 0.3) is 10.8 Å². The maximum atomic E-state index is 2.29. The minimum atomic E-state index is 0. The van der Waals surface area contributed by atoms with Gasteiger partial charge in [-0.2, -0.15) is 0 Å². The van der Waals surface area contributed by atoms with E-state index >= 15 is 0 Å². The van der Waals surface area contributed by atoms with Crippen LogP contribution >= 0.6 is 0 Å². The van der Waals surface area contributed by atoms with Crippen molar-refractivity contribution in [2.45, 2.75) is 51.9 Å². The minimum absolute atomic E-state index is 0. The van der Waals surface area contributed by atoms with Crippen molar-refractivity contribution in [3.63, 3.8) is 0 Å². The Bertz CT molecular complexity index is 471. The van der Waals surface area contributed by atoms with Crippen LogP contribution < -0.4 is 0 Å². The number of hydrogen-bond donors (Lipinski definition) is 0. The molecule has 0 saturated carbocycles. The fourth-order valence-corrected chi connectivity index (χ4v) is 2.61. The van der Waals surface area contributed by atoms with Crippen molar-refractivity contribution in [1.82, 2.24) is 0 Å². The Morgan fingerprint density at radius 3 is 2.26 bits per heavy atom. The predicted octanol–water partition coefficient (Wildman–Crippen LogP) is 5.36. The van der Waals surface area contributed by atoms with E-state index in [4.69, 9.17) is 0 Å². The number of aryl methyl sites for hydroxylation is 1. The fraction of sp³-hybridized carbons (Fsp3) is 0.444. The largest absolute Gasteiger partial charge is 0.0654 e. The Labute approximate surface area is 139 Å². The second-order valence-electron chi connectivity index (χ2n) is 5.16. The monoisotopic (exact) mass is 263 g/mol. The molecule has 0 nitrogen and oxygen atoms in total. The van der Waals surface area contributed by atoms with Crippen molar-refractivity contribution in [3.05, 3.63) is 48.0 Å². The molecule has 2 aromatic rings. The van der Waals surface area contributed by atoms with E-state index in [2.05, 4.69) is 49.4 Å². The summed E-state index contributed by atoms with van der Waals surface area (Å²) in [6.07, 6.45) is 9.48. The number of rotatable bonds is 7. The van der Waals surface area contributed by atoms with Crippen molar-refractivity contribution in [1.29, 1.82) is 0 Å². The van der Waals surface area contributed by atoms with E-state index in [-0.39, 0.29) is 29.6 Å². The third-order valence-corrected chi connectivity index (χ3v) is 3.68. The van der Waals surface area contributed by atoms with Crippen molar-refractivity contribution in [3.8, 4) is 0 Å². The van der Waals surface area contributed by atoms with Gasteiger partial charge < -0.3 is 0 Å². The first kappa shape index (κ1) is 16.8. The molecule has 0 aliphatic heterocycles. The molecule has 0 fully saturated rings. The minimum Gasteiger partial charge on any atom is -0.0654 e. The molecule has 19 heavy (non-hydrogen) atoms. The molecule has 97 valence electrons. The van der Waals surface area contributed by atoms with Crippen LogP contribution in [0.3, 0.4) is 0 Å². The van der Waals surface area contributed by atoms with Gasteiger partial charge in [-0.3, -0.25) is 0 Å². The van der Waals surface area contributed by atoms with Gasteiger partial charge in [0.25, 0.3) is 0 Å². The SMILES string of the molecule is CCCCCCCCc1cccc2ccccc12.[Na]. The first-order valence-corrected chi connectivity index (χ1v) is 7.38. The van der Waals surface area contributed by atoms with Crippen LogP contribution in [0.2, 0.25) is 0 Å². The number of fused-ring (bicyclic) bond motifs is 1. The molecular weight excluding hydrogens is 239 g/mol. The summed E-state index contributed by atoms with van der Waals surface area (Å²) in [7, 11) is 0. The maximum absolute atomic E-state index is 2.29. The van der Waals surface area contributed by atoms with E-state index < -0.39 is 0 Å². The smallest absolute Gasteiger partial charge is 0 e. The molecule has 0 aromatic heterocycles. The average molecular weight is 263 g/mol. The maximum Gasteiger partial charge on any atom is 0 e. The van der Waals surface area contributed by atoms with Crippen LogP contribution in [0, 0.1) is 0 Å². The second kappa shape index (κ2) is 9.58. The fourth-order valence-electron chi connectivity index (χ4n) is 2.61. The zero-order valence-corrected chi connectivity index (χ0v) is 14.5. The Morgan fingerprint density at radius 2 is 1.42 bits per heavy atom. The summed E-state index contributed by atoms with van der Waals surface area (Å²) in [5.74, 6) is 0. The first-order chi connectivity index (χ1) is 8.92. The van der Waals surface area contributed by atoms with Gasteiger partial charge in [-0.1, -0.05) is 81.5 Å². The second-order valence-corrected chi connectivity index (χ2v) is 5.16. The molecule has 0 amide bonds. The quantitative estimate of drug-likeness (QED) is 0.466. The third-order valence-electron chi connectivity index (χ3n) is 3.68. The van der Waals surface area contributed by atoms with Crippen LogP contribution in [-0.4, -0.2) is 29.6 Å². The van der Waals surface area contributed by atoms with E-state index in [1.165, 1.54) is 61.3 Å². The molecule has 0 aliphatic rings. The molecular formula is C18H24Na. The Kier molecular flexibility index (Phi) is 8.45. The van der Waals surface area contributed by atoms with Gasteiger partial charge in [-0.15, -0.1) is 0 Å². The topological polar surface area (TPSA) is 0 Å². The number of hydrogen-bond acceptors (Lipinski definition) is 0. The van der Waals surface area contributed by atoms with Crippen molar-refractivity contribution < 1.29 is 0 Å². The zero-order chi connectivity index (χ0) is 12.6. The van der Waals surface area contributed by atoms with Gasteiger partial charge in [0.1, 0.15) is 0 Å². The summed E-state index contributed by atoms with van der Waals surface area (Å²) in [5, 5.41) is 2.81. The molecule has 1 radical (unpaired) electrons. The van der Waals surface area contributed by atoms with Crippen LogP contribution in [-0.2, 0) is 6.42 Å². The summed E-state index contributed by atoms with van der Waals surface area (Å²) in [5.41, 5.74) is 1.52. The van der Waals surface area contributed by atoms with Gasteiger partial charge in [0, 0.05) is 29.6 Å². The Morgan fingerprint density at radius 1 is 0.737 bits per heavy atom. The molecule has 0 N–H and O–H groups in total. The van der Waals surface area contributed by atoms with E-state index in [1.54, 1.807) is 0 Å². The Balaban J connectivity index is 0.00000180. The van der Waals surface area contributed by atoms with Gasteiger partial charge in [-0.05, 0) is 29.2 Å². The summed E-state index contributed by atoms with van der Waals surface area (Å²) in [6.45, 7) is 2.27. The first-order valence-electron chi connectivity index (χ1n) is 7.38. The molecule has 1 heteroatoms. The van der Waals surface area contributed by atoms with Crippen LogP contribution in [0.4, 0.5) is 0 Å². The Hall–Kier alpha value is -0.300. The molecule has 0 heterocycles. The summed E-state index contributed by atoms with van der Waals surface area (Å²) in [4.78, 5) is 0. The van der Waals surface area contributed by atoms with Crippen LogP contribution in [0.5, 0.6) is 0 Å². The molecule has 2 aromatic carbocycles. The van der Waals surface area contributed by atoms with Crippen LogP contribution in [0.15, 0.2) is 42.5 Å². The normalized spacial score (nSPS) is 10.4. The average Bonchev–Trinajstić information content (AvgIpc) is 2.43. The number of benzene rings is 2. The third kappa shape index (κ3) is 5.30. The van der Waals surface area contributed by atoms with Gasteiger partial charge in [-0.25, -0.2) is 0 Å². The van der Waals surface area contributed by atoms with Crippen molar-refractivity contribution >= 4 is 40.3 Å². The molecule has 0 spiro atoms. The predicted molar refractivity (Wildman–Crippen MR) is 86.8 cm³/mol. The van der Waals surface area contributed by atoms with Gasteiger partial charge in [0.2, 0.25) is 0 Å². The summed E-state index contributed by atoms with van der Waals surface area (Å²) >= 11 is 0. The molecule has 0 aliphatic carbocycles. The summed E-state index contributed by atoms with van der Waals surface area (Å²) < 4.78 is 0. The van der Waals surface area contributed by atoms with Crippen molar-refractivity contribution in [2.75, 3.05) is 0 Å². The molecule has 0 atom stereocenters. The van der Waals surface area contributed by atoms with Gasteiger partial charge in [0.05, 0.1) is 0 Å². The van der Waals surface area contributed by atoms with E-state index in [0.29, 0.717) is 0 Å². The number of unbranched alkanes of at least 4 members (excludes halogenated alkanes) is 5. The molecule has 0 bridgehead atoms. The summed E-state index contributed by atoms with van der Waals surface area (Å²) in [6, 6.07) is 15.4. The zero-order valence-electron chi connectivity index (χ0n) is 12.5. The molecule has 0 saturated heterocycles. The van der Waals surface area contributed by atoms with Gasteiger partial charge in [0.15, 0.2) is 0 Å². The van der Waals surface area contributed by atoms with Crippen molar-refractivity contribution in [2.24, 2.45) is 0 Å². The van der Waals surface area contributed by atoms with E-state index in [1.807, 2.05) is 0 Å². The van der Waals surface area contributed by atoms with E-state index in [9.17, 15) is 0 Å². The molecule has 0 unspecified atom stereocenters.